The fourth-order valence-electron chi connectivity index (χ4n) is 2.57. The largest absolute Gasteiger partial charge is 0.497 e. The lowest BCUT2D eigenvalue weighted by Gasteiger charge is -2.10. The summed E-state index contributed by atoms with van der Waals surface area (Å²) in [5.41, 5.74) is 0. The van der Waals surface area contributed by atoms with E-state index in [0.29, 0.717) is 25.5 Å². The van der Waals surface area contributed by atoms with Gasteiger partial charge in [0.1, 0.15) is 11.5 Å². The van der Waals surface area contributed by atoms with E-state index in [2.05, 4.69) is 10.6 Å². The van der Waals surface area contributed by atoms with Gasteiger partial charge in [0, 0.05) is 19.0 Å². The fraction of sp³-hybridized carbons (Fsp3) is 0.588. The van der Waals surface area contributed by atoms with Crippen molar-refractivity contribution in [1.29, 1.82) is 0 Å². The van der Waals surface area contributed by atoms with E-state index < -0.39 is 0 Å². The van der Waals surface area contributed by atoms with Gasteiger partial charge in [0.25, 0.3) is 0 Å². The molecule has 5 heteroatoms. The first-order chi connectivity index (χ1) is 10.8. The zero-order chi connectivity index (χ0) is 15.6. The van der Waals surface area contributed by atoms with Crippen LogP contribution in [-0.4, -0.2) is 39.3 Å². The van der Waals surface area contributed by atoms with Gasteiger partial charge in [-0.15, -0.1) is 0 Å². The predicted molar refractivity (Wildman–Crippen MR) is 86.3 cm³/mol. The Hall–Kier alpha value is -1.75. The SMILES string of the molecule is COc1cccc(OCCCNC(=O)CCC2CCNC2)c1. The second kappa shape index (κ2) is 9.30. The second-order valence-electron chi connectivity index (χ2n) is 5.63. The highest BCUT2D eigenvalue weighted by molar-refractivity contribution is 5.75. The molecule has 0 aromatic heterocycles. The smallest absolute Gasteiger partial charge is 0.220 e. The van der Waals surface area contributed by atoms with Crippen molar-refractivity contribution in [1.82, 2.24) is 10.6 Å². The van der Waals surface area contributed by atoms with Gasteiger partial charge in [-0.25, -0.2) is 0 Å². The number of amides is 1. The molecule has 1 aromatic rings. The highest BCUT2D eigenvalue weighted by Gasteiger charge is 2.15. The molecule has 1 aliphatic rings. The summed E-state index contributed by atoms with van der Waals surface area (Å²) >= 11 is 0. The fourth-order valence-corrected chi connectivity index (χ4v) is 2.57. The molecule has 1 fully saturated rings. The molecule has 0 bridgehead atoms. The number of ether oxygens (including phenoxy) is 2. The molecule has 1 amide bonds. The van der Waals surface area contributed by atoms with Crippen LogP contribution in [0.3, 0.4) is 0 Å². The van der Waals surface area contributed by atoms with E-state index in [1.165, 1.54) is 6.42 Å². The van der Waals surface area contributed by atoms with Crippen molar-refractivity contribution in [2.75, 3.05) is 33.4 Å². The van der Waals surface area contributed by atoms with Crippen molar-refractivity contribution >= 4 is 5.91 Å². The first-order valence-corrected chi connectivity index (χ1v) is 8.02. The van der Waals surface area contributed by atoms with Crippen LogP contribution in [0.1, 0.15) is 25.7 Å². The van der Waals surface area contributed by atoms with E-state index in [1.54, 1.807) is 7.11 Å². The Kier molecular flexibility index (Phi) is 7.03. The van der Waals surface area contributed by atoms with Crippen LogP contribution in [0.15, 0.2) is 24.3 Å². The summed E-state index contributed by atoms with van der Waals surface area (Å²) in [4.78, 5) is 11.7. The zero-order valence-corrected chi connectivity index (χ0v) is 13.3. The van der Waals surface area contributed by atoms with E-state index in [0.717, 1.165) is 37.4 Å². The molecule has 1 atom stereocenters. The van der Waals surface area contributed by atoms with Crippen LogP contribution in [0.2, 0.25) is 0 Å². The number of carbonyl (C=O) groups excluding carboxylic acids is 1. The van der Waals surface area contributed by atoms with Gasteiger partial charge in [-0.1, -0.05) is 6.07 Å². The third kappa shape index (κ3) is 5.93. The quantitative estimate of drug-likeness (QED) is 0.685. The van der Waals surface area contributed by atoms with Gasteiger partial charge >= 0.3 is 0 Å². The normalized spacial score (nSPS) is 17.2. The van der Waals surface area contributed by atoms with Gasteiger partial charge in [-0.3, -0.25) is 4.79 Å². The van der Waals surface area contributed by atoms with Crippen molar-refractivity contribution in [2.24, 2.45) is 5.92 Å². The van der Waals surface area contributed by atoms with Gasteiger partial charge in [0.2, 0.25) is 5.91 Å². The van der Waals surface area contributed by atoms with Crippen molar-refractivity contribution < 1.29 is 14.3 Å². The van der Waals surface area contributed by atoms with Crippen LogP contribution in [0.25, 0.3) is 0 Å². The Bertz CT molecular complexity index is 459. The van der Waals surface area contributed by atoms with E-state index in [9.17, 15) is 4.79 Å². The van der Waals surface area contributed by atoms with E-state index >= 15 is 0 Å². The standard InChI is InChI=1S/C17H26N2O3/c1-21-15-4-2-5-16(12-15)22-11-3-9-19-17(20)7-6-14-8-10-18-13-14/h2,4-5,12,14,18H,3,6-11,13H2,1H3,(H,19,20). The molecule has 1 saturated heterocycles. The molecule has 5 nitrogen and oxygen atoms in total. The molecule has 2 rings (SSSR count). The second-order valence-corrected chi connectivity index (χ2v) is 5.63. The Balaban J connectivity index is 1.52. The van der Waals surface area contributed by atoms with Crippen LogP contribution in [-0.2, 0) is 4.79 Å². The Labute approximate surface area is 132 Å². The Morgan fingerprint density at radius 3 is 3.05 bits per heavy atom. The van der Waals surface area contributed by atoms with Gasteiger partial charge in [0.15, 0.2) is 0 Å². The maximum atomic E-state index is 11.7. The number of carbonyl (C=O) groups is 1. The minimum absolute atomic E-state index is 0.147. The van der Waals surface area contributed by atoms with Crippen LogP contribution in [0.5, 0.6) is 11.5 Å². The molecule has 1 heterocycles. The van der Waals surface area contributed by atoms with Crippen molar-refractivity contribution in [2.45, 2.75) is 25.7 Å². The lowest BCUT2D eigenvalue weighted by molar-refractivity contribution is -0.121. The monoisotopic (exact) mass is 306 g/mol. The molecule has 0 saturated carbocycles. The average Bonchev–Trinajstić information content (AvgIpc) is 3.06. The predicted octanol–water partition coefficient (Wildman–Crippen LogP) is 1.97. The van der Waals surface area contributed by atoms with Crippen LogP contribution in [0, 0.1) is 5.92 Å². The first kappa shape index (κ1) is 16.6. The summed E-state index contributed by atoms with van der Waals surface area (Å²) in [6.07, 6.45) is 3.61. The molecular weight excluding hydrogens is 280 g/mol. The van der Waals surface area contributed by atoms with E-state index in [4.69, 9.17) is 9.47 Å². The first-order valence-electron chi connectivity index (χ1n) is 8.02. The third-order valence-corrected chi connectivity index (χ3v) is 3.90. The number of nitrogens with one attached hydrogen (secondary N) is 2. The van der Waals surface area contributed by atoms with Gasteiger partial charge < -0.3 is 20.1 Å². The Morgan fingerprint density at radius 1 is 1.41 bits per heavy atom. The molecule has 1 unspecified atom stereocenters. The molecule has 2 N–H and O–H groups in total. The molecular formula is C17H26N2O3. The summed E-state index contributed by atoms with van der Waals surface area (Å²) in [7, 11) is 1.64. The summed E-state index contributed by atoms with van der Waals surface area (Å²) < 4.78 is 10.8. The Morgan fingerprint density at radius 2 is 2.27 bits per heavy atom. The number of benzene rings is 1. The van der Waals surface area contributed by atoms with E-state index in [1.807, 2.05) is 24.3 Å². The topological polar surface area (TPSA) is 59.6 Å². The zero-order valence-electron chi connectivity index (χ0n) is 13.3. The highest BCUT2D eigenvalue weighted by Crippen LogP contribution is 2.18. The number of methoxy groups -OCH3 is 1. The summed E-state index contributed by atoms with van der Waals surface area (Å²) in [6.45, 7) is 3.39. The molecule has 1 aliphatic heterocycles. The van der Waals surface area contributed by atoms with Crippen molar-refractivity contribution in [3.63, 3.8) is 0 Å². The minimum atomic E-state index is 0.147. The average molecular weight is 306 g/mol. The van der Waals surface area contributed by atoms with Crippen molar-refractivity contribution in [3.8, 4) is 11.5 Å². The summed E-state index contributed by atoms with van der Waals surface area (Å²) in [5, 5.41) is 6.27. The maximum Gasteiger partial charge on any atom is 0.220 e. The maximum absolute atomic E-state index is 11.7. The minimum Gasteiger partial charge on any atom is -0.497 e. The van der Waals surface area contributed by atoms with Gasteiger partial charge in [-0.05, 0) is 50.4 Å². The lowest BCUT2D eigenvalue weighted by atomic mass is 10.0. The molecule has 1 aromatic carbocycles. The molecule has 22 heavy (non-hydrogen) atoms. The van der Waals surface area contributed by atoms with Crippen LogP contribution >= 0.6 is 0 Å². The van der Waals surface area contributed by atoms with E-state index in [-0.39, 0.29) is 5.91 Å². The molecule has 122 valence electrons. The molecule has 0 aliphatic carbocycles. The third-order valence-electron chi connectivity index (χ3n) is 3.90. The van der Waals surface area contributed by atoms with Crippen LogP contribution < -0.4 is 20.1 Å². The van der Waals surface area contributed by atoms with Gasteiger partial charge in [0.05, 0.1) is 13.7 Å². The van der Waals surface area contributed by atoms with Crippen molar-refractivity contribution in [3.05, 3.63) is 24.3 Å². The number of hydrogen-bond acceptors (Lipinski definition) is 4. The number of hydrogen-bond donors (Lipinski definition) is 2. The molecule has 0 radical (unpaired) electrons. The lowest BCUT2D eigenvalue weighted by Crippen LogP contribution is -2.26. The molecule has 0 spiro atoms. The summed E-state index contributed by atoms with van der Waals surface area (Å²) in [5.74, 6) is 2.39. The highest BCUT2D eigenvalue weighted by atomic mass is 16.5. The van der Waals surface area contributed by atoms with Gasteiger partial charge in [-0.2, -0.15) is 0 Å². The summed E-state index contributed by atoms with van der Waals surface area (Å²) in [6, 6.07) is 7.53. The van der Waals surface area contributed by atoms with Crippen LogP contribution in [0.4, 0.5) is 0 Å². The number of rotatable bonds is 9.